The van der Waals surface area contributed by atoms with Gasteiger partial charge in [-0.3, -0.25) is 0 Å². The van der Waals surface area contributed by atoms with Gasteiger partial charge in [-0.05, 0) is 19.8 Å². The normalized spacial score (nSPS) is 11.8. The van der Waals surface area contributed by atoms with Crippen LogP contribution in [0.3, 0.4) is 0 Å². The van der Waals surface area contributed by atoms with E-state index < -0.39 is 0 Å². The van der Waals surface area contributed by atoms with Gasteiger partial charge in [0.25, 0.3) is 0 Å². The van der Waals surface area contributed by atoms with Gasteiger partial charge >= 0.3 is 0 Å². The second kappa shape index (κ2) is 8.44. The highest BCUT2D eigenvalue weighted by Crippen LogP contribution is 1.91. The van der Waals surface area contributed by atoms with E-state index in [2.05, 4.69) is 18.2 Å². The second-order valence-corrected chi connectivity index (χ2v) is 2.07. The van der Waals surface area contributed by atoms with Crippen LogP contribution in [0, 0.1) is 0 Å². The van der Waals surface area contributed by atoms with E-state index >= 15 is 0 Å². The molecule has 0 aromatic carbocycles. The summed E-state index contributed by atoms with van der Waals surface area (Å²) < 4.78 is 4.84. The monoisotopic (exact) mass is 140 g/mol. The summed E-state index contributed by atoms with van der Waals surface area (Å²) in [6.45, 7) is 2.77. The lowest BCUT2D eigenvalue weighted by Gasteiger charge is -1.87. The number of ether oxygens (including phenoxy) is 1. The van der Waals surface area contributed by atoms with Crippen LogP contribution in [-0.4, -0.2) is 13.7 Å². The molecule has 0 radical (unpaired) electrons. The summed E-state index contributed by atoms with van der Waals surface area (Å²) in [5, 5.41) is 0. The Morgan fingerprint density at radius 1 is 1.10 bits per heavy atom. The van der Waals surface area contributed by atoms with Crippen LogP contribution in [0.5, 0.6) is 0 Å². The zero-order valence-corrected chi connectivity index (χ0v) is 6.84. The summed E-state index contributed by atoms with van der Waals surface area (Å²) in [6, 6.07) is 0. The van der Waals surface area contributed by atoms with E-state index in [0.29, 0.717) is 0 Å². The third-order valence-electron chi connectivity index (χ3n) is 1.17. The van der Waals surface area contributed by atoms with Crippen molar-refractivity contribution < 1.29 is 4.74 Å². The maximum absolute atomic E-state index is 4.84. The predicted molar refractivity (Wildman–Crippen MR) is 45.1 cm³/mol. The summed E-state index contributed by atoms with van der Waals surface area (Å²) in [4.78, 5) is 0. The molecule has 0 fully saturated rings. The van der Waals surface area contributed by atoms with Crippen LogP contribution in [0.4, 0.5) is 0 Å². The Morgan fingerprint density at radius 3 is 2.40 bits per heavy atom. The lowest BCUT2D eigenvalue weighted by atomic mass is 10.3. The lowest BCUT2D eigenvalue weighted by Crippen LogP contribution is -1.79. The summed E-state index contributed by atoms with van der Waals surface area (Å²) in [5.41, 5.74) is 0. The van der Waals surface area contributed by atoms with Gasteiger partial charge in [-0.2, -0.15) is 0 Å². The highest BCUT2D eigenvalue weighted by atomic mass is 16.5. The first-order chi connectivity index (χ1) is 4.91. The summed E-state index contributed by atoms with van der Waals surface area (Å²) >= 11 is 0. The average molecular weight is 140 g/mol. The van der Waals surface area contributed by atoms with E-state index in [9.17, 15) is 0 Å². The van der Waals surface area contributed by atoms with Crippen LogP contribution >= 0.6 is 0 Å². The van der Waals surface area contributed by atoms with E-state index in [1.54, 1.807) is 7.11 Å². The van der Waals surface area contributed by atoms with Crippen LogP contribution < -0.4 is 0 Å². The molecule has 0 saturated heterocycles. The topological polar surface area (TPSA) is 9.23 Å². The van der Waals surface area contributed by atoms with Gasteiger partial charge in [0.05, 0.1) is 6.61 Å². The van der Waals surface area contributed by atoms with Crippen molar-refractivity contribution in [2.24, 2.45) is 0 Å². The number of hydrogen-bond acceptors (Lipinski definition) is 1. The molecule has 0 aliphatic carbocycles. The minimum atomic E-state index is 0.732. The SMILES string of the molecule is CC=CCCC=CCOC. The standard InChI is InChI=1S/C9H16O/c1-3-4-5-6-7-8-9-10-2/h3-4,7-8H,5-6,9H2,1-2H3. The van der Waals surface area contributed by atoms with E-state index in [1.165, 1.54) is 0 Å². The molecule has 0 rings (SSSR count). The first-order valence-corrected chi connectivity index (χ1v) is 3.67. The molecule has 1 nitrogen and oxygen atoms in total. The molecule has 0 aliphatic heterocycles. The average Bonchev–Trinajstić information content (AvgIpc) is 1.97. The third kappa shape index (κ3) is 7.44. The van der Waals surface area contributed by atoms with Gasteiger partial charge in [0.15, 0.2) is 0 Å². The molecule has 0 spiro atoms. The van der Waals surface area contributed by atoms with Crippen LogP contribution in [-0.2, 0) is 4.74 Å². The van der Waals surface area contributed by atoms with Crippen molar-refractivity contribution in [3.63, 3.8) is 0 Å². The Bertz CT molecular complexity index is 103. The Balaban J connectivity index is 3.02. The van der Waals surface area contributed by atoms with E-state index in [1.807, 2.05) is 13.0 Å². The van der Waals surface area contributed by atoms with Crippen LogP contribution in [0.2, 0.25) is 0 Å². The van der Waals surface area contributed by atoms with Gasteiger partial charge in [0.1, 0.15) is 0 Å². The maximum Gasteiger partial charge on any atom is 0.0643 e. The van der Waals surface area contributed by atoms with Crippen LogP contribution in [0.1, 0.15) is 19.8 Å². The molecule has 1 heteroatoms. The van der Waals surface area contributed by atoms with E-state index in [4.69, 9.17) is 4.74 Å². The summed E-state index contributed by atoms with van der Waals surface area (Å²) in [7, 11) is 1.70. The highest BCUT2D eigenvalue weighted by Gasteiger charge is 1.74. The fourth-order valence-corrected chi connectivity index (χ4v) is 0.641. The fourth-order valence-electron chi connectivity index (χ4n) is 0.641. The largest absolute Gasteiger partial charge is 0.381 e. The van der Waals surface area contributed by atoms with Crippen molar-refractivity contribution >= 4 is 0 Å². The molecule has 0 bridgehead atoms. The van der Waals surface area contributed by atoms with E-state index in [0.717, 1.165) is 19.4 Å². The Morgan fingerprint density at radius 2 is 1.80 bits per heavy atom. The van der Waals surface area contributed by atoms with Crippen LogP contribution in [0.15, 0.2) is 24.3 Å². The van der Waals surface area contributed by atoms with Gasteiger partial charge in [-0.25, -0.2) is 0 Å². The first-order valence-electron chi connectivity index (χ1n) is 3.67. The van der Waals surface area contributed by atoms with Crippen molar-refractivity contribution in [2.45, 2.75) is 19.8 Å². The second-order valence-electron chi connectivity index (χ2n) is 2.07. The van der Waals surface area contributed by atoms with Crippen molar-refractivity contribution in [1.29, 1.82) is 0 Å². The fraction of sp³-hybridized carbons (Fsp3) is 0.556. The molecular formula is C9H16O. The number of rotatable bonds is 5. The molecule has 0 unspecified atom stereocenters. The number of methoxy groups -OCH3 is 1. The van der Waals surface area contributed by atoms with Crippen LogP contribution in [0.25, 0.3) is 0 Å². The molecule has 0 heterocycles. The highest BCUT2D eigenvalue weighted by molar-refractivity contribution is 4.86. The predicted octanol–water partition coefficient (Wildman–Crippen LogP) is 2.55. The van der Waals surface area contributed by atoms with Crippen molar-refractivity contribution in [2.75, 3.05) is 13.7 Å². The molecule has 58 valence electrons. The Labute approximate surface area is 63.4 Å². The zero-order valence-electron chi connectivity index (χ0n) is 6.84. The van der Waals surface area contributed by atoms with E-state index in [-0.39, 0.29) is 0 Å². The van der Waals surface area contributed by atoms with Gasteiger partial charge in [-0.15, -0.1) is 0 Å². The molecule has 10 heavy (non-hydrogen) atoms. The molecule has 0 aromatic heterocycles. The third-order valence-corrected chi connectivity index (χ3v) is 1.17. The molecule has 0 N–H and O–H groups in total. The van der Waals surface area contributed by atoms with Gasteiger partial charge in [0.2, 0.25) is 0 Å². The molecule has 0 saturated carbocycles. The smallest absolute Gasteiger partial charge is 0.0643 e. The number of hydrogen-bond donors (Lipinski definition) is 0. The molecule has 0 aromatic rings. The van der Waals surface area contributed by atoms with Gasteiger partial charge < -0.3 is 4.74 Å². The Kier molecular flexibility index (Phi) is 7.97. The minimum Gasteiger partial charge on any atom is -0.381 e. The molecule has 0 amide bonds. The van der Waals surface area contributed by atoms with Gasteiger partial charge in [0, 0.05) is 7.11 Å². The maximum atomic E-state index is 4.84. The molecule has 0 atom stereocenters. The van der Waals surface area contributed by atoms with Gasteiger partial charge in [-0.1, -0.05) is 24.3 Å². The zero-order chi connectivity index (χ0) is 7.66. The summed E-state index contributed by atoms with van der Waals surface area (Å²) in [6.07, 6.45) is 10.7. The summed E-state index contributed by atoms with van der Waals surface area (Å²) in [5.74, 6) is 0. The molecule has 0 aliphatic rings. The lowest BCUT2D eigenvalue weighted by molar-refractivity contribution is 0.233. The minimum absolute atomic E-state index is 0.732. The Hall–Kier alpha value is -0.560. The van der Waals surface area contributed by atoms with Crippen molar-refractivity contribution in [3.05, 3.63) is 24.3 Å². The first kappa shape index (κ1) is 9.44. The quantitative estimate of drug-likeness (QED) is 0.421. The number of allylic oxidation sites excluding steroid dienone is 3. The molecular weight excluding hydrogens is 124 g/mol. The van der Waals surface area contributed by atoms with Crippen molar-refractivity contribution in [1.82, 2.24) is 0 Å². The van der Waals surface area contributed by atoms with Crippen molar-refractivity contribution in [3.8, 4) is 0 Å². The number of unbranched alkanes of at least 4 members (excludes halogenated alkanes) is 1.